The van der Waals surface area contributed by atoms with E-state index in [1.807, 2.05) is 37.4 Å². The summed E-state index contributed by atoms with van der Waals surface area (Å²) in [4.78, 5) is 0. The van der Waals surface area contributed by atoms with Crippen molar-refractivity contribution < 1.29 is 14.2 Å². The van der Waals surface area contributed by atoms with Crippen LogP contribution < -0.4 is 19.5 Å². The van der Waals surface area contributed by atoms with Crippen molar-refractivity contribution in [3.05, 3.63) is 29.8 Å². The quantitative estimate of drug-likeness (QED) is 0.778. The molecule has 7 heteroatoms. The van der Waals surface area contributed by atoms with Crippen molar-refractivity contribution in [2.45, 2.75) is 18.0 Å². The van der Waals surface area contributed by atoms with Crippen LogP contribution >= 0.6 is 11.8 Å². The van der Waals surface area contributed by atoms with Crippen LogP contribution in [0.5, 0.6) is 17.2 Å². The van der Waals surface area contributed by atoms with E-state index in [0.717, 1.165) is 10.6 Å². The summed E-state index contributed by atoms with van der Waals surface area (Å²) in [5.74, 6) is 2.54. The molecule has 0 saturated heterocycles. The van der Waals surface area contributed by atoms with E-state index in [0.29, 0.717) is 23.1 Å². The number of thioether (sulfide) groups is 1. The fourth-order valence-corrected chi connectivity index (χ4v) is 2.49. The SMILES string of the molecule is COc1cc(C(C)Nc2ccc(SC)nn2)cc(OC)c1OC. The molecule has 0 amide bonds. The Bertz CT molecular complexity index is 625. The number of nitrogens with one attached hydrogen (secondary N) is 1. The summed E-state index contributed by atoms with van der Waals surface area (Å²) in [6, 6.07) is 7.68. The molecule has 1 atom stereocenters. The van der Waals surface area contributed by atoms with Crippen LogP contribution in [0, 0.1) is 0 Å². The molecule has 1 aromatic heterocycles. The van der Waals surface area contributed by atoms with E-state index in [-0.39, 0.29) is 6.04 Å². The number of aromatic nitrogens is 2. The first-order chi connectivity index (χ1) is 11.1. The number of hydrogen-bond acceptors (Lipinski definition) is 7. The van der Waals surface area contributed by atoms with Crippen molar-refractivity contribution in [1.29, 1.82) is 0 Å². The molecular formula is C16H21N3O3S. The molecule has 1 unspecified atom stereocenters. The first kappa shape index (κ1) is 17.2. The van der Waals surface area contributed by atoms with E-state index in [2.05, 4.69) is 15.5 Å². The Labute approximate surface area is 140 Å². The molecule has 0 aliphatic carbocycles. The molecule has 1 aromatic carbocycles. The molecule has 0 bridgehead atoms. The zero-order valence-electron chi connectivity index (χ0n) is 13.9. The zero-order valence-corrected chi connectivity index (χ0v) is 14.7. The summed E-state index contributed by atoms with van der Waals surface area (Å²) in [5.41, 5.74) is 0.996. The van der Waals surface area contributed by atoms with Gasteiger partial charge in [0, 0.05) is 0 Å². The summed E-state index contributed by atoms with van der Waals surface area (Å²) < 4.78 is 16.1. The van der Waals surface area contributed by atoms with Crippen LogP contribution in [-0.2, 0) is 0 Å². The Kier molecular flexibility index (Phi) is 5.92. The molecule has 2 rings (SSSR count). The van der Waals surface area contributed by atoms with Crippen molar-refractivity contribution in [2.75, 3.05) is 32.9 Å². The maximum absolute atomic E-state index is 5.39. The molecule has 0 radical (unpaired) electrons. The molecule has 124 valence electrons. The fourth-order valence-electron chi connectivity index (χ4n) is 2.16. The van der Waals surface area contributed by atoms with Crippen molar-refractivity contribution in [1.82, 2.24) is 10.2 Å². The molecule has 0 saturated carbocycles. The van der Waals surface area contributed by atoms with Crippen molar-refractivity contribution in [3.8, 4) is 17.2 Å². The lowest BCUT2D eigenvalue weighted by Crippen LogP contribution is -2.09. The van der Waals surface area contributed by atoms with E-state index in [4.69, 9.17) is 14.2 Å². The largest absolute Gasteiger partial charge is 0.493 e. The molecule has 0 aliphatic heterocycles. The number of methoxy groups -OCH3 is 3. The van der Waals surface area contributed by atoms with Crippen molar-refractivity contribution in [2.24, 2.45) is 0 Å². The van der Waals surface area contributed by atoms with Crippen LogP contribution in [0.15, 0.2) is 29.3 Å². The van der Waals surface area contributed by atoms with Crippen LogP contribution in [0.4, 0.5) is 5.82 Å². The van der Waals surface area contributed by atoms with Gasteiger partial charge in [-0.05, 0) is 43.0 Å². The monoisotopic (exact) mass is 335 g/mol. The smallest absolute Gasteiger partial charge is 0.203 e. The van der Waals surface area contributed by atoms with Gasteiger partial charge in [-0.15, -0.1) is 22.0 Å². The number of ether oxygens (including phenoxy) is 3. The van der Waals surface area contributed by atoms with E-state index < -0.39 is 0 Å². The highest BCUT2D eigenvalue weighted by Crippen LogP contribution is 2.40. The van der Waals surface area contributed by atoms with Gasteiger partial charge in [-0.3, -0.25) is 0 Å². The maximum atomic E-state index is 5.39. The predicted octanol–water partition coefficient (Wildman–Crippen LogP) is 3.40. The maximum Gasteiger partial charge on any atom is 0.203 e. The van der Waals surface area contributed by atoms with Crippen LogP contribution in [0.1, 0.15) is 18.5 Å². The minimum atomic E-state index is -0.00173. The summed E-state index contributed by atoms with van der Waals surface area (Å²) >= 11 is 1.56. The van der Waals surface area contributed by atoms with Crippen molar-refractivity contribution in [3.63, 3.8) is 0 Å². The zero-order chi connectivity index (χ0) is 16.8. The lowest BCUT2D eigenvalue weighted by atomic mass is 10.1. The number of rotatable bonds is 7. The molecule has 1 N–H and O–H groups in total. The minimum absolute atomic E-state index is 0.00173. The first-order valence-corrected chi connectivity index (χ1v) is 8.29. The highest BCUT2D eigenvalue weighted by atomic mass is 32.2. The van der Waals surface area contributed by atoms with Gasteiger partial charge in [0.2, 0.25) is 5.75 Å². The van der Waals surface area contributed by atoms with Crippen LogP contribution in [0.25, 0.3) is 0 Å². The molecule has 1 heterocycles. The highest BCUT2D eigenvalue weighted by molar-refractivity contribution is 7.98. The van der Waals surface area contributed by atoms with Gasteiger partial charge >= 0.3 is 0 Å². The van der Waals surface area contributed by atoms with E-state index in [1.165, 1.54) is 0 Å². The number of nitrogens with zero attached hydrogens (tertiary/aromatic N) is 2. The summed E-state index contributed by atoms with van der Waals surface area (Å²) in [7, 11) is 4.79. The Morgan fingerprint density at radius 1 is 1.00 bits per heavy atom. The molecule has 0 spiro atoms. The van der Waals surface area contributed by atoms with Crippen LogP contribution in [0.3, 0.4) is 0 Å². The molecule has 0 fully saturated rings. The number of anilines is 1. The Morgan fingerprint density at radius 3 is 2.09 bits per heavy atom. The van der Waals surface area contributed by atoms with Gasteiger partial charge < -0.3 is 19.5 Å². The topological polar surface area (TPSA) is 65.5 Å². The summed E-state index contributed by atoms with van der Waals surface area (Å²) in [5, 5.41) is 12.5. The second-order valence-electron chi connectivity index (χ2n) is 4.79. The summed E-state index contributed by atoms with van der Waals surface area (Å²) in [6.45, 7) is 2.03. The Balaban J connectivity index is 2.25. The number of benzene rings is 1. The molecular weight excluding hydrogens is 314 g/mol. The average molecular weight is 335 g/mol. The molecule has 2 aromatic rings. The van der Waals surface area contributed by atoms with Gasteiger partial charge in [0.1, 0.15) is 10.8 Å². The standard InChI is InChI=1S/C16H21N3O3S/c1-10(17-14-6-7-15(23-5)19-18-14)11-8-12(20-2)16(22-4)13(9-11)21-3/h6-10H,1-5H3,(H,17,18). The van der Waals surface area contributed by atoms with Crippen LogP contribution in [0.2, 0.25) is 0 Å². The van der Waals surface area contributed by atoms with Gasteiger partial charge in [-0.1, -0.05) is 0 Å². The Hall–Kier alpha value is -2.15. The van der Waals surface area contributed by atoms with E-state index >= 15 is 0 Å². The van der Waals surface area contributed by atoms with E-state index in [1.54, 1.807) is 33.1 Å². The average Bonchev–Trinajstić information content (AvgIpc) is 2.60. The first-order valence-electron chi connectivity index (χ1n) is 7.07. The van der Waals surface area contributed by atoms with Gasteiger partial charge in [0.25, 0.3) is 0 Å². The molecule has 6 nitrogen and oxygen atoms in total. The third-order valence-electron chi connectivity index (χ3n) is 3.40. The van der Waals surface area contributed by atoms with Gasteiger partial charge in [-0.2, -0.15) is 0 Å². The van der Waals surface area contributed by atoms with Crippen molar-refractivity contribution >= 4 is 17.6 Å². The van der Waals surface area contributed by atoms with Crippen LogP contribution in [-0.4, -0.2) is 37.8 Å². The van der Waals surface area contributed by atoms with Gasteiger partial charge in [0.05, 0.1) is 27.4 Å². The molecule has 0 aliphatic rings. The second kappa shape index (κ2) is 7.92. The normalized spacial score (nSPS) is 11.7. The Morgan fingerprint density at radius 2 is 1.65 bits per heavy atom. The lowest BCUT2D eigenvalue weighted by Gasteiger charge is -2.19. The predicted molar refractivity (Wildman–Crippen MR) is 91.9 cm³/mol. The third-order valence-corrected chi connectivity index (χ3v) is 4.04. The second-order valence-corrected chi connectivity index (χ2v) is 5.61. The summed E-state index contributed by atoms with van der Waals surface area (Å²) in [6.07, 6.45) is 1.97. The fraction of sp³-hybridized carbons (Fsp3) is 0.375. The third kappa shape index (κ3) is 3.98. The minimum Gasteiger partial charge on any atom is -0.493 e. The molecule has 23 heavy (non-hydrogen) atoms. The van der Waals surface area contributed by atoms with Gasteiger partial charge in [-0.25, -0.2) is 0 Å². The lowest BCUT2D eigenvalue weighted by molar-refractivity contribution is 0.323. The highest BCUT2D eigenvalue weighted by Gasteiger charge is 2.16. The van der Waals surface area contributed by atoms with E-state index in [9.17, 15) is 0 Å². The number of hydrogen-bond donors (Lipinski definition) is 1. The van der Waals surface area contributed by atoms with Gasteiger partial charge in [0.15, 0.2) is 11.5 Å².